The van der Waals surface area contributed by atoms with Crippen LogP contribution < -0.4 is 11.1 Å². The number of hydrogen-bond donors (Lipinski definition) is 2. The molecule has 3 nitrogen and oxygen atoms in total. The van der Waals surface area contributed by atoms with E-state index in [1.807, 2.05) is 37.3 Å². The summed E-state index contributed by atoms with van der Waals surface area (Å²) in [6.45, 7) is 1.96. The molecule has 110 valence electrons. The highest BCUT2D eigenvalue weighted by molar-refractivity contribution is 9.10. The summed E-state index contributed by atoms with van der Waals surface area (Å²) in [6.07, 6.45) is 0.733. The smallest absolute Gasteiger partial charge is 0.253 e. The molecule has 0 aromatic heterocycles. The van der Waals surface area contributed by atoms with Gasteiger partial charge in [-0.05, 0) is 49.2 Å². The minimum absolute atomic E-state index is 0.00272. The van der Waals surface area contributed by atoms with Gasteiger partial charge >= 0.3 is 0 Å². The van der Waals surface area contributed by atoms with Gasteiger partial charge in [0, 0.05) is 21.2 Å². The molecule has 0 aliphatic rings. The van der Waals surface area contributed by atoms with Crippen LogP contribution in [-0.2, 0) is 6.42 Å². The Morgan fingerprint density at radius 3 is 2.62 bits per heavy atom. The largest absolute Gasteiger partial charge is 0.398 e. The molecule has 1 atom stereocenters. The number of carbonyl (C=O) groups excluding carboxylic acids is 1. The molecule has 2 aromatic rings. The summed E-state index contributed by atoms with van der Waals surface area (Å²) in [4.78, 5) is 12.2. The zero-order valence-corrected chi connectivity index (χ0v) is 13.9. The van der Waals surface area contributed by atoms with Gasteiger partial charge in [-0.25, -0.2) is 0 Å². The highest BCUT2D eigenvalue weighted by Gasteiger charge is 2.13. The van der Waals surface area contributed by atoms with Crippen molar-refractivity contribution in [3.63, 3.8) is 0 Å². The normalized spacial score (nSPS) is 12.0. The lowest BCUT2D eigenvalue weighted by molar-refractivity contribution is 0.0941. The molecule has 0 aliphatic carbocycles. The third-order valence-corrected chi connectivity index (χ3v) is 3.84. The van der Waals surface area contributed by atoms with Gasteiger partial charge in [0.1, 0.15) is 0 Å². The van der Waals surface area contributed by atoms with Crippen molar-refractivity contribution in [1.82, 2.24) is 5.32 Å². The topological polar surface area (TPSA) is 55.1 Å². The van der Waals surface area contributed by atoms with E-state index in [4.69, 9.17) is 17.3 Å². The van der Waals surface area contributed by atoms with Crippen LogP contribution in [-0.4, -0.2) is 11.9 Å². The minimum atomic E-state index is -0.171. The second kappa shape index (κ2) is 6.96. The fourth-order valence-corrected chi connectivity index (χ4v) is 2.54. The molecule has 1 unspecified atom stereocenters. The number of carbonyl (C=O) groups is 1. The van der Waals surface area contributed by atoms with Gasteiger partial charge in [0.15, 0.2) is 0 Å². The Morgan fingerprint density at radius 1 is 1.29 bits per heavy atom. The molecule has 3 N–H and O–H groups in total. The summed E-state index contributed by atoms with van der Waals surface area (Å²) < 4.78 is 0.826. The van der Waals surface area contributed by atoms with Crippen molar-refractivity contribution in [1.29, 1.82) is 0 Å². The van der Waals surface area contributed by atoms with E-state index >= 15 is 0 Å². The monoisotopic (exact) mass is 366 g/mol. The van der Waals surface area contributed by atoms with Gasteiger partial charge in [-0.2, -0.15) is 0 Å². The maximum atomic E-state index is 12.2. The summed E-state index contributed by atoms with van der Waals surface area (Å²) >= 11 is 9.20. The van der Waals surface area contributed by atoms with Crippen molar-refractivity contribution in [2.45, 2.75) is 19.4 Å². The third kappa shape index (κ3) is 4.48. The quantitative estimate of drug-likeness (QED) is 0.801. The molecule has 0 fully saturated rings. The predicted octanol–water partition coefficient (Wildman–Crippen LogP) is 4.05. The number of nitrogens with two attached hydrogens (primary N) is 1. The lowest BCUT2D eigenvalue weighted by Gasteiger charge is -2.15. The number of hydrogen-bond acceptors (Lipinski definition) is 2. The molecule has 0 saturated heterocycles. The Morgan fingerprint density at radius 2 is 1.95 bits per heavy atom. The van der Waals surface area contributed by atoms with E-state index in [9.17, 15) is 4.79 Å². The molecule has 5 heteroatoms. The number of halogens is 2. The average molecular weight is 368 g/mol. The number of rotatable bonds is 4. The van der Waals surface area contributed by atoms with Crippen molar-refractivity contribution in [2.24, 2.45) is 0 Å². The molecular weight excluding hydrogens is 352 g/mol. The van der Waals surface area contributed by atoms with Crippen LogP contribution >= 0.6 is 27.5 Å². The standard InChI is InChI=1S/C16H16BrClN2O/c1-10(8-11-2-5-13(18)6-3-11)20-16(21)14-9-12(17)4-7-15(14)19/h2-7,9-10H,8,19H2,1H3,(H,20,21). The first kappa shape index (κ1) is 15.9. The Kier molecular flexibility index (Phi) is 5.26. The van der Waals surface area contributed by atoms with Crippen molar-refractivity contribution < 1.29 is 4.79 Å². The second-order valence-corrected chi connectivity index (χ2v) is 6.29. The molecule has 0 spiro atoms. The van der Waals surface area contributed by atoms with Gasteiger partial charge in [0.05, 0.1) is 5.56 Å². The van der Waals surface area contributed by atoms with E-state index in [2.05, 4.69) is 21.2 Å². The van der Waals surface area contributed by atoms with Crippen LogP contribution in [0.25, 0.3) is 0 Å². The van der Waals surface area contributed by atoms with Crippen LogP contribution in [0.15, 0.2) is 46.9 Å². The van der Waals surface area contributed by atoms with Crippen LogP contribution in [0.3, 0.4) is 0 Å². The molecule has 2 rings (SSSR count). The first-order chi connectivity index (χ1) is 9.95. The van der Waals surface area contributed by atoms with Gasteiger partial charge in [0.25, 0.3) is 5.91 Å². The molecule has 0 heterocycles. The van der Waals surface area contributed by atoms with Crippen molar-refractivity contribution >= 4 is 39.1 Å². The lowest BCUT2D eigenvalue weighted by atomic mass is 10.1. The first-order valence-electron chi connectivity index (χ1n) is 6.56. The maximum absolute atomic E-state index is 12.2. The molecule has 0 radical (unpaired) electrons. The summed E-state index contributed by atoms with van der Waals surface area (Å²) in [5, 5.41) is 3.66. The fraction of sp³-hybridized carbons (Fsp3) is 0.188. The van der Waals surface area contributed by atoms with Gasteiger partial charge in [0.2, 0.25) is 0 Å². The molecular formula is C16H16BrClN2O. The molecule has 21 heavy (non-hydrogen) atoms. The SMILES string of the molecule is CC(Cc1ccc(Cl)cc1)NC(=O)c1cc(Br)ccc1N. The Balaban J connectivity index is 2.01. The van der Waals surface area contributed by atoms with Crippen LogP contribution in [0.5, 0.6) is 0 Å². The van der Waals surface area contributed by atoms with E-state index in [1.54, 1.807) is 12.1 Å². The van der Waals surface area contributed by atoms with Crippen molar-refractivity contribution in [2.75, 3.05) is 5.73 Å². The van der Waals surface area contributed by atoms with E-state index in [1.165, 1.54) is 0 Å². The van der Waals surface area contributed by atoms with E-state index in [0.717, 1.165) is 16.5 Å². The molecule has 2 aromatic carbocycles. The number of anilines is 1. The fourth-order valence-electron chi connectivity index (χ4n) is 2.05. The molecule has 0 saturated carbocycles. The summed E-state index contributed by atoms with van der Waals surface area (Å²) in [6, 6.07) is 12.8. The minimum Gasteiger partial charge on any atom is -0.398 e. The summed E-state index contributed by atoms with van der Waals surface area (Å²) in [5.74, 6) is -0.171. The maximum Gasteiger partial charge on any atom is 0.253 e. The molecule has 1 amide bonds. The molecule has 0 bridgehead atoms. The Labute approximate surface area is 137 Å². The number of benzene rings is 2. The van der Waals surface area contributed by atoms with Crippen molar-refractivity contribution in [3.05, 3.63) is 63.1 Å². The van der Waals surface area contributed by atoms with Crippen LogP contribution in [0.2, 0.25) is 5.02 Å². The molecule has 0 aliphatic heterocycles. The number of amides is 1. The average Bonchev–Trinajstić information content (AvgIpc) is 2.44. The summed E-state index contributed by atoms with van der Waals surface area (Å²) in [5.41, 5.74) is 7.90. The Bertz CT molecular complexity index is 643. The van der Waals surface area contributed by atoms with Crippen LogP contribution in [0, 0.1) is 0 Å². The highest BCUT2D eigenvalue weighted by atomic mass is 79.9. The summed E-state index contributed by atoms with van der Waals surface area (Å²) in [7, 11) is 0. The van der Waals surface area contributed by atoms with Gasteiger partial charge in [-0.3, -0.25) is 4.79 Å². The third-order valence-electron chi connectivity index (χ3n) is 3.09. The van der Waals surface area contributed by atoms with Crippen LogP contribution in [0.1, 0.15) is 22.8 Å². The zero-order chi connectivity index (χ0) is 15.4. The van der Waals surface area contributed by atoms with E-state index < -0.39 is 0 Å². The van der Waals surface area contributed by atoms with E-state index in [0.29, 0.717) is 16.3 Å². The van der Waals surface area contributed by atoms with Gasteiger partial charge in [-0.1, -0.05) is 39.7 Å². The van der Waals surface area contributed by atoms with Gasteiger partial charge < -0.3 is 11.1 Å². The lowest BCUT2D eigenvalue weighted by Crippen LogP contribution is -2.34. The highest BCUT2D eigenvalue weighted by Crippen LogP contribution is 2.18. The predicted molar refractivity (Wildman–Crippen MR) is 90.6 cm³/mol. The van der Waals surface area contributed by atoms with E-state index in [-0.39, 0.29) is 11.9 Å². The van der Waals surface area contributed by atoms with Crippen LogP contribution in [0.4, 0.5) is 5.69 Å². The second-order valence-electron chi connectivity index (χ2n) is 4.94. The van der Waals surface area contributed by atoms with Crippen molar-refractivity contribution in [3.8, 4) is 0 Å². The Hall–Kier alpha value is -1.52. The number of nitrogens with one attached hydrogen (secondary N) is 1. The first-order valence-corrected chi connectivity index (χ1v) is 7.73. The number of nitrogen functional groups attached to an aromatic ring is 1. The van der Waals surface area contributed by atoms with Gasteiger partial charge in [-0.15, -0.1) is 0 Å². The zero-order valence-electron chi connectivity index (χ0n) is 11.6.